The van der Waals surface area contributed by atoms with E-state index in [0.717, 1.165) is 32.0 Å². The van der Waals surface area contributed by atoms with Crippen LogP contribution in [0.1, 0.15) is 59.3 Å². The predicted molar refractivity (Wildman–Crippen MR) is 83.0 cm³/mol. The lowest BCUT2D eigenvalue weighted by Crippen LogP contribution is -2.31. The monoisotopic (exact) mass is 283 g/mol. The molecule has 3 nitrogen and oxygen atoms in total. The van der Waals surface area contributed by atoms with Gasteiger partial charge in [0.25, 0.3) is 0 Å². The van der Waals surface area contributed by atoms with Gasteiger partial charge in [0.15, 0.2) is 0 Å². The van der Waals surface area contributed by atoms with Gasteiger partial charge in [-0.3, -0.25) is 0 Å². The minimum atomic E-state index is 0.332. The van der Waals surface area contributed by atoms with Crippen molar-refractivity contribution in [1.29, 1.82) is 0 Å². The van der Waals surface area contributed by atoms with E-state index in [-0.39, 0.29) is 0 Å². The number of rotatable bonds is 7. The first-order valence-corrected chi connectivity index (χ1v) is 8.61. The lowest BCUT2D eigenvalue weighted by Gasteiger charge is -2.27. The summed E-state index contributed by atoms with van der Waals surface area (Å²) in [5, 5.41) is 3.49. The highest BCUT2D eigenvalue weighted by molar-refractivity contribution is 4.77. The lowest BCUT2D eigenvalue weighted by molar-refractivity contribution is -0.0548. The van der Waals surface area contributed by atoms with Gasteiger partial charge in [0.05, 0.1) is 24.9 Å². The van der Waals surface area contributed by atoms with Gasteiger partial charge < -0.3 is 14.8 Å². The predicted octanol–water partition coefficient (Wildman–Crippen LogP) is 3.37. The molecule has 0 spiro atoms. The first kappa shape index (κ1) is 16.3. The summed E-state index contributed by atoms with van der Waals surface area (Å²) in [6.45, 7) is 9.71. The average Bonchev–Trinajstić information content (AvgIpc) is 2.84. The second-order valence-corrected chi connectivity index (χ2v) is 7.24. The highest BCUT2D eigenvalue weighted by atomic mass is 16.5. The van der Waals surface area contributed by atoms with Gasteiger partial charge in [-0.1, -0.05) is 33.6 Å². The van der Waals surface area contributed by atoms with Crippen molar-refractivity contribution in [3.05, 3.63) is 0 Å². The molecule has 1 saturated heterocycles. The summed E-state index contributed by atoms with van der Waals surface area (Å²) in [4.78, 5) is 0. The van der Waals surface area contributed by atoms with Crippen molar-refractivity contribution < 1.29 is 9.47 Å². The fourth-order valence-corrected chi connectivity index (χ4v) is 3.36. The van der Waals surface area contributed by atoms with Gasteiger partial charge in [-0.2, -0.15) is 0 Å². The summed E-state index contributed by atoms with van der Waals surface area (Å²) in [7, 11) is 0. The molecular formula is C17H33NO2. The van der Waals surface area contributed by atoms with Crippen molar-refractivity contribution in [3.8, 4) is 0 Å². The van der Waals surface area contributed by atoms with Crippen LogP contribution in [0.15, 0.2) is 0 Å². The Morgan fingerprint density at radius 2 is 1.95 bits per heavy atom. The van der Waals surface area contributed by atoms with Gasteiger partial charge >= 0.3 is 0 Å². The van der Waals surface area contributed by atoms with Crippen LogP contribution in [-0.2, 0) is 9.47 Å². The standard InChI is InChI=1S/C17H33NO2/c1-13(2)10-18-11-16-7-8-17(20-16)12-19-15-6-4-5-14(3)9-15/h13-18H,4-12H2,1-3H3. The molecule has 0 bridgehead atoms. The quantitative estimate of drug-likeness (QED) is 0.777. The molecule has 2 fully saturated rings. The third kappa shape index (κ3) is 5.71. The number of ether oxygens (including phenoxy) is 2. The Labute approximate surface area is 124 Å². The lowest BCUT2D eigenvalue weighted by atomic mass is 9.89. The Kier molecular flexibility index (Phi) is 6.79. The van der Waals surface area contributed by atoms with E-state index in [9.17, 15) is 0 Å². The molecule has 1 aliphatic carbocycles. The van der Waals surface area contributed by atoms with Crippen LogP contribution in [0.2, 0.25) is 0 Å². The molecule has 1 aliphatic heterocycles. The summed E-state index contributed by atoms with van der Waals surface area (Å²) < 4.78 is 12.2. The molecule has 0 aromatic rings. The van der Waals surface area contributed by atoms with E-state index in [1.165, 1.54) is 32.1 Å². The van der Waals surface area contributed by atoms with Crippen molar-refractivity contribution in [2.75, 3.05) is 19.7 Å². The Hall–Kier alpha value is -0.120. The second-order valence-electron chi connectivity index (χ2n) is 7.24. The van der Waals surface area contributed by atoms with Crippen LogP contribution in [0.4, 0.5) is 0 Å². The Balaban J connectivity index is 1.56. The summed E-state index contributed by atoms with van der Waals surface area (Å²) in [6.07, 6.45) is 8.76. The first-order chi connectivity index (χ1) is 9.63. The van der Waals surface area contributed by atoms with E-state index in [2.05, 4.69) is 26.1 Å². The second kappa shape index (κ2) is 8.35. The van der Waals surface area contributed by atoms with Crippen molar-refractivity contribution in [2.24, 2.45) is 11.8 Å². The molecule has 2 aliphatic rings. The molecule has 0 aromatic carbocycles. The topological polar surface area (TPSA) is 30.5 Å². The third-order valence-electron chi connectivity index (χ3n) is 4.53. The maximum Gasteiger partial charge on any atom is 0.0814 e. The third-order valence-corrected chi connectivity index (χ3v) is 4.53. The van der Waals surface area contributed by atoms with Crippen LogP contribution < -0.4 is 5.32 Å². The minimum absolute atomic E-state index is 0.332. The van der Waals surface area contributed by atoms with Gasteiger partial charge in [-0.25, -0.2) is 0 Å². The zero-order valence-corrected chi connectivity index (χ0v) is 13.6. The summed E-state index contributed by atoms with van der Waals surface area (Å²) in [5.41, 5.74) is 0. The smallest absolute Gasteiger partial charge is 0.0814 e. The summed E-state index contributed by atoms with van der Waals surface area (Å²) in [6, 6.07) is 0. The van der Waals surface area contributed by atoms with E-state index in [1.54, 1.807) is 0 Å². The number of hydrogen-bond acceptors (Lipinski definition) is 3. The van der Waals surface area contributed by atoms with Gasteiger partial charge in [0.2, 0.25) is 0 Å². The van der Waals surface area contributed by atoms with Crippen LogP contribution >= 0.6 is 0 Å². The van der Waals surface area contributed by atoms with Crippen molar-refractivity contribution in [2.45, 2.75) is 77.6 Å². The van der Waals surface area contributed by atoms with E-state index in [4.69, 9.17) is 9.47 Å². The van der Waals surface area contributed by atoms with Crippen molar-refractivity contribution in [3.63, 3.8) is 0 Å². The fraction of sp³-hybridized carbons (Fsp3) is 1.00. The highest BCUT2D eigenvalue weighted by Gasteiger charge is 2.27. The normalized spacial score (nSPS) is 34.8. The molecule has 0 radical (unpaired) electrons. The maximum atomic E-state index is 6.08. The number of nitrogens with one attached hydrogen (secondary N) is 1. The van der Waals surface area contributed by atoms with Crippen LogP contribution in [0.3, 0.4) is 0 Å². The molecule has 1 heterocycles. The van der Waals surface area contributed by atoms with E-state index in [1.807, 2.05) is 0 Å². The molecule has 2 rings (SSSR count). The molecule has 0 amide bonds. The van der Waals surface area contributed by atoms with Crippen LogP contribution in [-0.4, -0.2) is 38.0 Å². The Morgan fingerprint density at radius 1 is 1.15 bits per heavy atom. The van der Waals surface area contributed by atoms with E-state index < -0.39 is 0 Å². The maximum absolute atomic E-state index is 6.08. The largest absolute Gasteiger partial charge is 0.376 e. The molecule has 1 N–H and O–H groups in total. The Morgan fingerprint density at radius 3 is 2.70 bits per heavy atom. The molecule has 4 unspecified atom stereocenters. The molecule has 4 atom stereocenters. The summed E-state index contributed by atoms with van der Waals surface area (Å²) in [5.74, 6) is 1.55. The summed E-state index contributed by atoms with van der Waals surface area (Å²) >= 11 is 0. The molecular weight excluding hydrogens is 250 g/mol. The van der Waals surface area contributed by atoms with Gasteiger partial charge in [-0.15, -0.1) is 0 Å². The SMILES string of the molecule is CC(C)CNCC1CCC(COC2CCCC(C)C2)O1. The minimum Gasteiger partial charge on any atom is -0.376 e. The zero-order chi connectivity index (χ0) is 14.4. The molecule has 1 saturated carbocycles. The van der Waals surface area contributed by atoms with Crippen LogP contribution in [0, 0.1) is 11.8 Å². The van der Waals surface area contributed by atoms with Crippen molar-refractivity contribution >= 4 is 0 Å². The first-order valence-electron chi connectivity index (χ1n) is 8.61. The fourth-order valence-electron chi connectivity index (χ4n) is 3.36. The Bertz CT molecular complexity index is 270. The molecule has 118 valence electrons. The van der Waals surface area contributed by atoms with Gasteiger partial charge in [-0.05, 0) is 44.1 Å². The number of hydrogen-bond donors (Lipinski definition) is 1. The van der Waals surface area contributed by atoms with Crippen LogP contribution in [0.25, 0.3) is 0 Å². The highest BCUT2D eigenvalue weighted by Crippen LogP contribution is 2.27. The average molecular weight is 283 g/mol. The zero-order valence-electron chi connectivity index (χ0n) is 13.6. The molecule has 3 heteroatoms. The van der Waals surface area contributed by atoms with E-state index in [0.29, 0.717) is 24.2 Å². The van der Waals surface area contributed by atoms with Gasteiger partial charge in [0.1, 0.15) is 0 Å². The van der Waals surface area contributed by atoms with Crippen LogP contribution in [0.5, 0.6) is 0 Å². The van der Waals surface area contributed by atoms with E-state index >= 15 is 0 Å². The van der Waals surface area contributed by atoms with Gasteiger partial charge in [0, 0.05) is 6.54 Å². The molecule has 0 aromatic heterocycles. The molecule has 20 heavy (non-hydrogen) atoms. The van der Waals surface area contributed by atoms with Crippen molar-refractivity contribution in [1.82, 2.24) is 5.32 Å².